The maximum Gasteiger partial charge on any atom is 0.274 e. The van der Waals surface area contributed by atoms with Gasteiger partial charge >= 0.3 is 0 Å². The van der Waals surface area contributed by atoms with Gasteiger partial charge in [-0.3, -0.25) is 4.79 Å². The molecule has 1 unspecified atom stereocenters. The van der Waals surface area contributed by atoms with E-state index >= 15 is 0 Å². The zero-order valence-electron chi connectivity index (χ0n) is 13.2. The largest absolute Gasteiger partial charge is 0.365 e. The normalized spacial score (nSPS) is 20.8. The molecule has 0 bridgehead atoms. The Labute approximate surface area is 139 Å². The summed E-state index contributed by atoms with van der Waals surface area (Å²) in [6, 6.07) is 6.48. The number of carbonyl (C=O) groups is 1. The van der Waals surface area contributed by atoms with Gasteiger partial charge in [-0.05, 0) is 30.5 Å². The van der Waals surface area contributed by atoms with E-state index in [2.05, 4.69) is 15.6 Å². The third-order valence-electron chi connectivity index (χ3n) is 4.74. The van der Waals surface area contributed by atoms with E-state index in [1.165, 1.54) is 12.1 Å². The average molecular weight is 330 g/mol. The summed E-state index contributed by atoms with van der Waals surface area (Å²) in [6.07, 6.45) is 4.15. The second kappa shape index (κ2) is 6.32. The number of rotatable bonds is 3. The molecule has 4 rings (SSSR count). The molecule has 1 fully saturated rings. The maximum absolute atomic E-state index is 13.0. The number of carbonyl (C=O) groups excluding carboxylic acids is 1. The minimum atomic E-state index is -0.276. The van der Waals surface area contributed by atoms with Crippen LogP contribution in [0.25, 0.3) is 0 Å². The van der Waals surface area contributed by atoms with E-state index in [9.17, 15) is 9.18 Å². The van der Waals surface area contributed by atoms with Gasteiger partial charge in [0.2, 0.25) is 0 Å². The highest BCUT2D eigenvalue weighted by Crippen LogP contribution is 2.27. The SMILES string of the molecule is O=C(NC1CCCC1)c1nnn2c1COC(c1ccc(F)cc1)C2. The standard InChI is InChI=1S/C17H19FN4O2/c18-12-7-5-11(6-8-12)15-9-22-14(10-24-15)16(20-21-22)17(23)19-13-3-1-2-4-13/h5-8,13,15H,1-4,9-10H2,(H,19,23). The molecule has 0 spiro atoms. The predicted octanol–water partition coefficient (Wildman–Crippen LogP) is 2.36. The topological polar surface area (TPSA) is 69.0 Å². The molecule has 1 aliphatic carbocycles. The smallest absolute Gasteiger partial charge is 0.274 e. The van der Waals surface area contributed by atoms with E-state index in [-0.39, 0.29) is 30.5 Å². The molecular formula is C17H19FN4O2. The van der Waals surface area contributed by atoms with Gasteiger partial charge in [-0.2, -0.15) is 0 Å². The number of halogens is 1. The molecule has 2 aliphatic rings. The van der Waals surface area contributed by atoms with Gasteiger partial charge in [-0.15, -0.1) is 5.10 Å². The predicted molar refractivity (Wildman–Crippen MR) is 83.7 cm³/mol. The molecule has 2 heterocycles. The summed E-state index contributed by atoms with van der Waals surface area (Å²) in [5.74, 6) is -0.450. The fourth-order valence-electron chi connectivity index (χ4n) is 3.39. The molecule has 2 aromatic rings. The van der Waals surface area contributed by atoms with E-state index < -0.39 is 0 Å². The lowest BCUT2D eigenvalue weighted by molar-refractivity contribution is -0.00181. The molecule has 1 saturated carbocycles. The molecule has 1 aromatic heterocycles. The minimum Gasteiger partial charge on any atom is -0.365 e. The van der Waals surface area contributed by atoms with Gasteiger partial charge in [-0.25, -0.2) is 9.07 Å². The summed E-state index contributed by atoms with van der Waals surface area (Å²) in [4.78, 5) is 12.4. The van der Waals surface area contributed by atoms with Gasteiger partial charge in [0.05, 0.1) is 18.8 Å². The lowest BCUT2D eigenvalue weighted by atomic mass is 10.1. The van der Waals surface area contributed by atoms with E-state index in [0.29, 0.717) is 17.9 Å². The van der Waals surface area contributed by atoms with Crippen molar-refractivity contribution in [3.05, 3.63) is 47.0 Å². The van der Waals surface area contributed by atoms with Crippen molar-refractivity contribution in [3.63, 3.8) is 0 Å². The first kappa shape index (κ1) is 15.3. The number of hydrogen-bond acceptors (Lipinski definition) is 4. The Morgan fingerprint density at radius 2 is 2.00 bits per heavy atom. The van der Waals surface area contributed by atoms with Crippen LogP contribution >= 0.6 is 0 Å². The van der Waals surface area contributed by atoms with Crippen LogP contribution in [0.15, 0.2) is 24.3 Å². The van der Waals surface area contributed by atoms with Crippen LogP contribution in [0.4, 0.5) is 4.39 Å². The first-order chi connectivity index (χ1) is 11.7. The monoisotopic (exact) mass is 330 g/mol. The van der Waals surface area contributed by atoms with Crippen LogP contribution in [0.2, 0.25) is 0 Å². The molecule has 1 aliphatic heterocycles. The van der Waals surface area contributed by atoms with Gasteiger partial charge in [0.25, 0.3) is 5.91 Å². The summed E-state index contributed by atoms with van der Waals surface area (Å²) in [7, 11) is 0. The van der Waals surface area contributed by atoms with Crippen LogP contribution in [0, 0.1) is 5.82 Å². The molecule has 7 heteroatoms. The van der Waals surface area contributed by atoms with E-state index in [1.807, 2.05) is 0 Å². The Hall–Kier alpha value is -2.28. The fourth-order valence-corrected chi connectivity index (χ4v) is 3.39. The molecule has 1 atom stereocenters. The number of benzene rings is 1. The number of fused-ring (bicyclic) bond motifs is 1. The third kappa shape index (κ3) is 2.91. The van der Waals surface area contributed by atoms with E-state index in [0.717, 1.165) is 31.2 Å². The van der Waals surface area contributed by atoms with Gasteiger partial charge in [0.15, 0.2) is 5.69 Å². The van der Waals surface area contributed by atoms with Gasteiger partial charge in [0.1, 0.15) is 11.9 Å². The van der Waals surface area contributed by atoms with Crippen molar-refractivity contribution in [2.75, 3.05) is 0 Å². The zero-order valence-corrected chi connectivity index (χ0v) is 13.2. The highest BCUT2D eigenvalue weighted by atomic mass is 19.1. The lowest BCUT2D eigenvalue weighted by Crippen LogP contribution is -2.34. The number of hydrogen-bond donors (Lipinski definition) is 1. The highest BCUT2D eigenvalue weighted by molar-refractivity contribution is 5.93. The van der Waals surface area contributed by atoms with Crippen LogP contribution in [0.3, 0.4) is 0 Å². The number of ether oxygens (including phenoxy) is 1. The van der Waals surface area contributed by atoms with Gasteiger partial charge < -0.3 is 10.1 Å². The first-order valence-corrected chi connectivity index (χ1v) is 8.31. The van der Waals surface area contributed by atoms with Crippen molar-refractivity contribution in [2.45, 2.75) is 51.0 Å². The van der Waals surface area contributed by atoms with Crippen molar-refractivity contribution in [3.8, 4) is 0 Å². The molecule has 1 N–H and O–H groups in total. The first-order valence-electron chi connectivity index (χ1n) is 8.31. The molecular weight excluding hydrogens is 311 g/mol. The molecule has 1 amide bonds. The lowest BCUT2D eigenvalue weighted by Gasteiger charge is -2.24. The maximum atomic E-state index is 13.0. The number of nitrogens with zero attached hydrogens (tertiary/aromatic N) is 3. The number of aromatic nitrogens is 3. The second-order valence-corrected chi connectivity index (χ2v) is 6.37. The fraction of sp³-hybridized carbons (Fsp3) is 0.471. The Morgan fingerprint density at radius 1 is 1.25 bits per heavy atom. The summed E-state index contributed by atoms with van der Waals surface area (Å²) >= 11 is 0. The quantitative estimate of drug-likeness (QED) is 0.938. The van der Waals surface area contributed by atoms with Gasteiger partial charge in [0, 0.05) is 6.04 Å². The minimum absolute atomic E-state index is 0.174. The van der Waals surface area contributed by atoms with Crippen LogP contribution < -0.4 is 5.32 Å². The average Bonchev–Trinajstić information content (AvgIpc) is 3.24. The van der Waals surface area contributed by atoms with E-state index in [4.69, 9.17) is 4.74 Å². The zero-order chi connectivity index (χ0) is 16.5. The Balaban J connectivity index is 1.48. The summed E-state index contributed by atoms with van der Waals surface area (Å²) in [6.45, 7) is 0.729. The number of nitrogens with one attached hydrogen (secondary N) is 1. The molecule has 6 nitrogen and oxygen atoms in total. The molecule has 24 heavy (non-hydrogen) atoms. The third-order valence-corrected chi connectivity index (χ3v) is 4.74. The van der Waals surface area contributed by atoms with Crippen LogP contribution in [-0.2, 0) is 17.9 Å². The van der Waals surface area contributed by atoms with Crippen molar-refractivity contribution in [1.29, 1.82) is 0 Å². The second-order valence-electron chi connectivity index (χ2n) is 6.37. The van der Waals surface area contributed by atoms with Crippen LogP contribution in [0.1, 0.15) is 53.5 Å². The number of amides is 1. The Kier molecular flexibility index (Phi) is 4.02. The van der Waals surface area contributed by atoms with Crippen molar-refractivity contribution in [1.82, 2.24) is 20.3 Å². The molecule has 0 radical (unpaired) electrons. The van der Waals surface area contributed by atoms with Gasteiger partial charge in [-0.1, -0.05) is 30.2 Å². The molecule has 0 saturated heterocycles. The van der Waals surface area contributed by atoms with Crippen LogP contribution in [-0.4, -0.2) is 26.9 Å². The Bertz CT molecular complexity index is 738. The molecule has 126 valence electrons. The highest BCUT2D eigenvalue weighted by Gasteiger charge is 2.29. The van der Waals surface area contributed by atoms with E-state index in [1.54, 1.807) is 16.8 Å². The van der Waals surface area contributed by atoms with Crippen molar-refractivity contribution >= 4 is 5.91 Å². The molecule has 1 aromatic carbocycles. The summed E-state index contributed by atoms with van der Waals surface area (Å²) < 4.78 is 20.6. The van der Waals surface area contributed by atoms with Crippen LogP contribution in [0.5, 0.6) is 0 Å². The summed E-state index contributed by atoms with van der Waals surface area (Å²) in [5.41, 5.74) is 1.93. The van der Waals surface area contributed by atoms with Crippen molar-refractivity contribution < 1.29 is 13.9 Å². The van der Waals surface area contributed by atoms with Crippen molar-refractivity contribution in [2.24, 2.45) is 0 Å². The Morgan fingerprint density at radius 3 is 2.75 bits per heavy atom. The summed E-state index contributed by atoms with van der Waals surface area (Å²) in [5, 5.41) is 11.2.